The van der Waals surface area contributed by atoms with Gasteiger partial charge >= 0.3 is 0 Å². The lowest BCUT2D eigenvalue weighted by Crippen LogP contribution is -2.30. The summed E-state index contributed by atoms with van der Waals surface area (Å²) in [7, 11) is 0. The SMILES string of the molecule is N#CC1=C(SCc2ccccc2Cl)NC(=O)CC1c1cccc(Br)c1. The molecule has 0 spiro atoms. The number of benzene rings is 2. The van der Waals surface area contributed by atoms with E-state index in [0.717, 1.165) is 15.6 Å². The third kappa shape index (κ3) is 4.27. The second-order valence-corrected chi connectivity index (χ2v) is 7.90. The minimum Gasteiger partial charge on any atom is -0.320 e. The Bertz CT molecular complexity index is 891. The van der Waals surface area contributed by atoms with Crippen LogP contribution < -0.4 is 5.32 Å². The fourth-order valence-electron chi connectivity index (χ4n) is 2.71. The predicted molar refractivity (Wildman–Crippen MR) is 105 cm³/mol. The van der Waals surface area contributed by atoms with Gasteiger partial charge in [0, 0.05) is 27.6 Å². The van der Waals surface area contributed by atoms with Crippen molar-refractivity contribution in [3.63, 3.8) is 0 Å². The van der Waals surface area contributed by atoms with Crippen LogP contribution in [0.5, 0.6) is 0 Å². The Morgan fingerprint density at radius 3 is 2.80 bits per heavy atom. The monoisotopic (exact) mass is 432 g/mol. The Hall–Kier alpha value is -1.74. The third-order valence-electron chi connectivity index (χ3n) is 3.94. The fourth-order valence-corrected chi connectivity index (χ4v) is 4.49. The van der Waals surface area contributed by atoms with Gasteiger partial charge in [-0.1, -0.05) is 57.9 Å². The number of hydrogen-bond acceptors (Lipinski definition) is 3. The van der Waals surface area contributed by atoms with E-state index in [4.69, 9.17) is 11.6 Å². The molecule has 1 unspecified atom stereocenters. The van der Waals surface area contributed by atoms with Gasteiger partial charge in [-0.3, -0.25) is 4.79 Å². The standard InChI is InChI=1S/C19H14BrClN2OS/c20-14-6-3-5-12(8-14)15-9-18(24)23-19(16(15)10-22)25-11-13-4-1-2-7-17(13)21/h1-8,15H,9,11H2,(H,23,24). The highest BCUT2D eigenvalue weighted by Crippen LogP contribution is 2.38. The molecule has 0 saturated heterocycles. The first-order chi connectivity index (χ1) is 12.1. The molecule has 0 aliphatic carbocycles. The number of carbonyl (C=O) groups excluding carboxylic acids is 1. The van der Waals surface area contributed by atoms with Crippen molar-refractivity contribution in [3.05, 3.63) is 79.8 Å². The Kier molecular flexibility index (Phi) is 5.85. The second-order valence-electron chi connectivity index (χ2n) is 5.59. The largest absolute Gasteiger partial charge is 0.320 e. The average Bonchev–Trinajstić information content (AvgIpc) is 2.60. The number of rotatable bonds is 4. The molecule has 6 heteroatoms. The van der Waals surface area contributed by atoms with E-state index in [9.17, 15) is 10.1 Å². The molecule has 3 nitrogen and oxygen atoms in total. The van der Waals surface area contributed by atoms with Gasteiger partial charge in [0.25, 0.3) is 0 Å². The van der Waals surface area contributed by atoms with Crippen LogP contribution in [0.15, 0.2) is 63.6 Å². The zero-order valence-electron chi connectivity index (χ0n) is 13.1. The highest BCUT2D eigenvalue weighted by molar-refractivity contribution is 9.10. The highest BCUT2D eigenvalue weighted by Gasteiger charge is 2.29. The molecule has 2 aromatic carbocycles. The molecule has 25 heavy (non-hydrogen) atoms. The summed E-state index contributed by atoms with van der Waals surface area (Å²) >= 11 is 11.1. The Morgan fingerprint density at radius 2 is 2.08 bits per heavy atom. The van der Waals surface area contributed by atoms with Gasteiger partial charge in [-0.2, -0.15) is 5.26 Å². The lowest BCUT2D eigenvalue weighted by Gasteiger charge is -2.25. The molecule has 0 bridgehead atoms. The molecule has 1 N–H and O–H groups in total. The summed E-state index contributed by atoms with van der Waals surface area (Å²) in [6.45, 7) is 0. The van der Waals surface area contributed by atoms with E-state index >= 15 is 0 Å². The van der Waals surface area contributed by atoms with Gasteiger partial charge in [-0.15, -0.1) is 11.8 Å². The maximum absolute atomic E-state index is 12.2. The molecule has 1 atom stereocenters. The Balaban J connectivity index is 1.91. The lowest BCUT2D eigenvalue weighted by molar-refractivity contribution is -0.120. The van der Waals surface area contributed by atoms with Crippen LogP contribution in [0.1, 0.15) is 23.5 Å². The van der Waals surface area contributed by atoms with Crippen LogP contribution in [0.25, 0.3) is 0 Å². The van der Waals surface area contributed by atoms with Crippen LogP contribution in [0.2, 0.25) is 5.02 Å². The first-order valence-electron chi connectivity index (χ1n) is 7.64. The van der Waals surface area contributed by atoms with Gasteiger partial charge < -0.3 is 5.32 Å². The van der Waals surface area contributed by atoms with Crippen LogP contribution in [0.3, 0.4) is 0 Å². The zero-order chi connectivity index (χ0) is 17.8. The summed E-state index contributed by atoms with van der Waals surface area (Å²) in [5.74, 6) is 0.279. The summed E-state index contributed by atoms with van der Waals surface area (Å²) in [6, 6.07) is 17.6. The number of nitrogens with one attached hydrogen (secondary N) is 1. The van der Waals surface area contributed by atoms with E-state index in [0.29, 0.717) is 21.4 Å². The maximum Gasteiger partial charge on any atom is 0.225 e. The summed E-state index contributed by atoms with van der Waals surface area (Å²) in [5, 5.41) is 13.8. The molecule has 0 fully saturated rings. The first kappa shape index (κ1) is 18.1. The molecule has 1 aliphatic rings. The summed E-state index contributed by atoms with van der Waals surface area (Å²) < 4.78 is 0.929. The Labute approximate surface area is 164 Å². The first-order valence-corrected chi connectivity index (χ1v) is 9.80. The number of allylic oxidation sites excluding steroid dienone is 1. The van der Waals surface area contributed by atoms with Crippen molar-refractivity contribution in [2.45, 2.75) is 18.1 Å². The highest BCUT2D eigenvalue weighted by atomic mass is 79.9. The number of halogens is 2. The minimum atomic E-state index is -0.231. The molecule has 2 aromatic rings. The van der Waals surface area contributed by atoms with E-state index in [1.54, 1.807) is 0 Å². The van der Waals surface area contributed by atoms with Crippen LogP contribution in [-0.4, -0.2) is 5.91 Å². The van der Waals surface area contributed by atoms with E-state index < -0.39 is 0 Å². The van der Waals surface area contributed by atoms with Crippen molar-refractivity contribution in [3.8, 4) is 6.07 Å². The van der Waals surface area contributed by atoms with Crippen molar-refractivity contribution in [1.82, 2.24) is 5.32 Å². The van der Waals surface area contributed by atoms with Crippen molar-refractivity contribution in [2.24, 2.45) is 0 Å². The summed E-state index contributed by atoms with van der Waals surface area (Å²) in [4.78, 5) is 12.2. The molecular formula is C19H14BrClN2OS. The summed E-state index contributed by atoms with van der Waals surface area (Å²) in [5.41, 5.74) is 2.52. The molecule has 1 heterocycles. The number of carbonyl (C=O) groups is 1. The smallest absolute Gasteiger partial charge is 0.225 e. The van der Waals surface area contributed by atoms with Gasteiger partial charge in [0.1, 0.15) is 0 Å². The van der Waals surface area contributed by atoms with E-state index in [2.05, 4.69) is 27.3 Å². The van der Waals surface area contributed by atoms with E-state index in [-0.39, 0.29) is 18.2 Å². The van der Waals surface area contributed by atoms with Crippen LogP contribution >= 0.6 is 39.3 Å². The zero-order valence-corrected chi connectivity index (χ0v) is 16.3. The van der Waals surface area contributed by atoms with Gasteiger partial charge in [0.2, 0.25) is 5.91 Å². The second kappa shape index (κ2) is 8.09. The van der Waals surface area contributed by atoms with E-state index in [1.807, 2.05) is 48.5 Å². The topological polar surface area (TPSA) is 52.9 Å². The molecule has 1 aliphatic heterocycles. The Morgan fingerprint density at radius 1 is 1.28 bits per heavy atom. The number of nitriles is 1. The fraction of sp³-hybridized carbons (Fsp3) is 0.158. The molecule has 3 rings (SSSR count). The van der Waals surface area contributed by atoms with Gasteiger partial charge in [0.05, 0.1) is 16.7 Å². The molecule has 0 saturated carbocycles. The lowest BCUT2D eigenvalue weighted by atomic mass is 9.87. The van der Waals surface area contributed by atoms with Crippen molar-refractivity contribution < 1.29 is 4.79 Å². The van der Waals surface area contributed by atoms with Crippen LogP contribution in [0.4, 0.5) is 0 Å². The van der Waals surface area contributed by atoms with Crippen molar-refractivity contribution >= 4 is 45.2 Å². The molecule has 1 amide bonds. The maximum atomic E-state index is 12.2. The van der Waals surface area contributed by atoms with Crippen LogP contribution in [-0.2, 0) is 10.5 Å². The summed E-state index contributed by atoms with van der Waals surface area (Å²) in [6.07, 6.45) is 0.273. The average molecular weight is 434 g/mol. The van der Waals surface area contributed by atoms with Gasteiger partial charge in [-0.05, 0) is 29.3 Å². The van der Waals surface area contributed by atoms with Gasteiger partial charge in [-0.25, -0.2) is 0 Å². The van der Waals surface area contributed by atoms with Crippen molar-refractivity contribution in [1.29, 1.82) is 5.26 Å². The quantitative estimate of drug-likeness (QED) is 0.705. The molecule has 0 radical (unpaired) electrons. The van der Waals surface area contributed by atoms with Gasteiger partial charge in [0.15, 0.2) is 0 Å². The van der Waals surface area contributed by atoms with Crippen molar-refractivity contribution in [2.75, 3.05) is 0 Å². The normalized spacial score (nSPS) is 17.2. The number of nitrogens with zero attached hydrogens (tertiary/aromatic N) is 1. The number of thioether (sulfide) groups is 1. The predicted octanol–water partition coefficient (Wildman–Crippen LogP) is 5.37. The van der Waals surface area contributed by atoms with Crippen LogP contribution in [0, 0.1) is 11.3 Å². The molecular weight excluding hydrogens is 420 g/mol. The van der Waals surface area contributed by atoms with E-state index in [1.165, 1.54) is 11.8 Å². The minimum absolute atomic E-state index is 0.0781. The third-order valence-corrected chi connectivity index (χ3v) is 5.86. The number of amides is 1. The molecule has 0 aromatic heterocycles. The molecule has 126 valence electrons. The number of hydrogen-bond donors (Lipinski definition) is 1.